The van der Waals surface area contributed by atoms with Crippen LogP contribution < -0.4 is 0 Å². The van der Waals surface area contributed by atoms with Crippen LogP contribution in [0, 0.1) is 6.92 Å². The number of hydrogen-bond acceptors (Lipinski definition) is 3. The molecule has 1 aromatic carbocycles. The fourth-order valence-corrected chi connectivity index (χ4v) is 3.10. The van der Waals surface area contributed by atoms with E-state index in [9.17, 15) is 5.11 Å². The molecular weight excluding hydrogens is 366 g/mol. The summed E-state index contributed by atoms with van der Waals surface area (Å²) in [6.07, 6.45) is 0.00252. The molecule has 1 heterocycles. The topological polar surface area (TPSA) is 33.1 Å². The number of halogens is 2. The third-order valence-electron chi connectivity index (χ3n) is 2.39. The molecule has 0 aliphatic heterocycles. The van der Waals surface area contributed by atoms with Gasteiger partial charge in [0.15, 0.2) is 0 Å². The zero-order valence-corrected chi connectivity index (χ0v) is 13.1. The maximum atomic E-state index is 10.2. The Hall–Kier alpha value is -0.230. The number of aryl methyl sites for hydroxylation is 1. The van der Waals surface area contributed by atoms with E-state index < -0.39 is 6.10 Å². The molecule has 0 spiro atoms. The van der Waals surface area contributed by atoms with Gasteiger partial charge in [0, 0.05) is 20.7 Å². The summed E-state index contributed by atoms with van der Waals surface area (Å²) in [6, 6.07) is 5.79. The summed E-state index contributed by atoms with van der Waals surface area (Å²) >= 11 is 8.47. The van der Waals surface area contributed by atoms with Gasteiger partial charge in [-0.05, 0) is 30.7 Å². The van der Waals surface area contributed by atoms with Crippen molar-refractivity contribution in [1.29, 1.82) is 0 Å². The molecule has 0 amide bonds. The fourth-order valence-electron chi connectivity index (χ4n) is 1.58. The average Bonchev–Trinajstić information content (AvgIpc) is 2.67. The van der Waals surface area contributed by atoms with E-state index in [2.05, 4.69) is 36.8 Å². The van der Waals surface area contributed by atoms with Gasteiger partial charge in [-0.15, -0.1) is 11.3 Å². The van der Waals surface area contributed by atoms with Crippen molar-refractivity contribution in [2.24, 2.45) is 0 Å². The number of hydrogen-bond donors (Lipinski definition) is 1. The Labute approximate surface area is 121 Å². The quantitative estimate of drug-likeness (QED) is 0.868. The maximum absolute atomic E-state index is 10.2. The first-order chi connectivity index (χ1) is 8.06. The first-order valence-electron chi connectivity index (χ1n) is 5.10. The second-order valence-corrected chi connectivity index (χ2v) is 6.58. The second-order valence-electron chi connectivity index (χ2n) is 3.74. The third kappa shape index (κ3) is 3.37. The van der Waals surface area contributed by atoms with Crippen molar-refractivity contribution < 1.29 is 5.11 Å². The van der Waals surface area contributed by atoms with Gasteiger partial charge in [0.25, 0.3) is 0 Å². The van der Waals surface area contributed by atoms with Crippen LogP contribution in [0.15, 0.2) is 32.5 Å². The Morgan fingerprint density at radius 3 is 2.82 bits per heavy atom. The lowest BCUT2D eigenvalue weighted by atomic mass is 10.1. The number of aromatic nitrogens is 1. The molecule has 1 aromatic heterocycles. The number of aliphatic hydroxyl groups excluding tert-OH is 1. The van der Waals surface area contributed by atoms with Crippen molar-refractivity contribution in [3.63, 3.8) is 0 Å². The monoisotopic (exact) mass is 375 g/mol. The highest BCUT2D eigenvalue weighted by molar-refractivity contribution is 9.11. The Bertz CT molecular complexity index is 527. The van der Waals surface area contributed by atoms with Crippen LogP contribution in [-0.2, 0) is 6.42 Å². The van der Waals surface area contributed by atoms with Crippen LogP contribution in [0.25, 0.3) is 0 Å². The highest BCUT2D eigenvalue weighted by Gasteiger charge is 2.14. The molecular formula is C12H11Br2NOS. The number of rotatable bonds is 3. The number of benzene rings is 1. The fraction of sp³-hybridized carbons (Fsp3) is 0.250. The Morgan fingerprint density at radius 1 is 1.41 bits per heavy atom. The number of aliphatic hydroxyl groups is 1. The van der Waals surface area contributed by atoms with E-state index in [4.69, 9.17) is 0 Å². The van der Waals surface area contributed by atoms with Gasteiger partial charge >= 0.3 is 0 Å². The Balaban J connectivity index is 2.19. The second kappa shape index (κ2) is 5.61. The Morgan fingerprint density at radius 2 is 2.18 bits per heavy atom. The van der Waals surface area contributed by atoms with Gasteiger partial charge in [0.2, 0.25) is 0 Å². The lowest BCUT2D eigenvalue weighted by molar-refractivity contribution is 0.176. The highest BCUT2D eigenvalue weighted by Crippen LogP contribution is 2.29. The molecule has 0 aliphatic rings. The van der Waals surface area contributed by atoms with Crippen LogP contribution in [0.1, 0.15) is 22.4 Å². The number of nitrogens with zero attached hydrogens (tertiary/aromatic N) is 1. The molecule has 1 atom stereocenters. The van der Waals surface area contributed by atoms with E-state index in [0.29, 0.717) is 6.42 Å². The van der Waals surface area contributed by atoms with Crippen LogP contribution in [0.2, 0.25) is 0 Å². The first kappa shape index (κ1) is 13.2. The predicted octanol–water partition coefficient (Wildman–Crippen LogP) is 4.25. The summed E-state index contributed by atoms with van der Waals surface area (Å²) < 4.78 is 1.88. The van der Waals surface area contributed by atoms with E-state index in [0.717, 1.165) is 25.2 Å². The first-order valence-corrected chi connectivity index (χ1v) is 7.57. The molecule has 0 radical (unpaired) electrons. The van der Waals surface area contributed by atoms with Crippen molar-refractivity contribution in [2.45, 2.75) is 19.4 Å². The summed E-state index contributed by atoms with van der Waals surface area (Å²) in [5, 5.41) is 13.2. The van der Waals surface area contributed by atoms with E-state index in [-0.39, 0.29) is 0 Å². The third-order valence-corrected chi connectivity index (χ3v) is 4.42. The Kier molecular flexibility index (Phi) is 4.36. The molecule has 0 saturated heterocycles. The molecule has 17 heavy (non-hydrogen) atoms. The maximum Gasteiger partial charge on any atom is 0.0897 e. The molecule has 90 valence electrons. The molecule has 2 rings (SSSR count). The van der Waals surface area contributed by atoms with Crippen molar-refractivity contribution in [2.75, 3.05) is 0 Å². The van der Waals surface area contributed by atoms with E-state index in [1.165, 1.54) is 0 Å². The van der Waals surface area contributed by atoms with Gasteiger partial charge < -0.3 is 5.11 Å². The van der Waals surface area contributed by atoms with E-state index in [1.54, 1.807) is 11.3 Å². The number of thiazole rings is 1. The zero-order valence-electron chi connectivity index (χ0n) is 9.15. The van der Waals surface area contributed by atoms with Crippen LogP contribution in [0.4, 0.5) is 0 Å². The van der Waals surface area contributed by atoms with Crippen molar-refractivity contribution in [3.05, 3.63) is 48.8 Å². The van der Waals surface area contributed by atoms with Crippen LogP contribution in [0.3, 0.4) is 0 Å². The van der Waals surface area contributed by atoms with E-state index >= 15 is 0 Å². The van der Waals surface area contributed by atoms with Gasteiger partial charge in [-0.1, -0.05) is 31.9 Å². The van der Waals surface area contributed by atoms with Crippen LogP contribution in [-0.4, -0.2) is 10.1 Å². The molecule has 0 fully saturated rings. The van der Waals surface area contributed by atoms with Gasteiger partial charge in [-0.25, -0.2) is 4.98 Å². The minimum absolute atomic E-state index is 0.539. The molecule has 0 saturated carbocycles. The normalized spacial score (nSPS) is 12.7. The average molecular weight is 377 g/mol. The van der Waals surface area contributed by atoms with Gasteiger partial charge in [-0.2, -0.15) is 0 Å². The zero-order chi connectivity index (χ0) is 12.4. The minimum Gasteiger partial charge on any atom is -0.388 e. The molecule has 2 nitrogen and oxygen atoms in total. The molecule has 2 aromatic rings. The van der Waals surface area contributed by atoms with Crippen LogP contribution >= 0.6 is 43.2 Å². The van der Waals surface area contributed by atoms with Crippen molar-refractivity contribution in [1.82, 2.24) is 4.98 Å². The predicted molar refractivity (Wildman–Crippen MR) is 77.4 cm³/mol. The van der Waals surface area contributed by atoms with Crippen molar-refractivity contribution in [3.8, 4) is 0 Å². The molecule has 1 N–H and O–H groups in total. The lowest BCUT2D eigenvalue weighted by Crippen LogP contribution is -2.03. The minimum atomic E-state index is -0.539. The molecule has 5 heteroatoms. The summed E-state index contributed by atoms with van der Waals surface area (Å²) in [4.78, 5) is 4.36. The summed E-state index contributed by atoms with van der Waals surface area (Å²) in [5.74, 6) is 0. The van der Waals surface area contributed by atoms with Gasteiger partial charge in [0.05, 0.1) is 16.8 Å². The molecule has 0 bridgehead atoms. The summed E-state index contributed by atoms with van der Waals surface area (Å²) in [5.41, 5.74) is 1.82. The SMILES string of the molecule is Cc1nc(CC(O)c2cc(Br)ccc2Br)cs1. The smallest absolute Gasteiger partial charge is 0.0897 e. The van der Waals surface area contributed by atoms with Crippen LogP contribution in [0.5, 0.6) is 0 Å². The summed E-state index contributed by atoms with van der Waals surface area (Å²) in [7, 11) is 0. The highest BCUT2D eigenvalue weighted by atomic mass is 79.9. The largest absolute Gasteiger partial charge is 0.388 e. The van der Waals surface area contributed by atoms with Crippen molar-refractivity contribution >= 4 is 43.2 Å². The van der Waals surface area contributed by atoms with Gasteiger partial charge in [-0.3, -0.25) is 0 Å². The van der Waals surface area contributed by atoms with E-state index in [1.807, 2.05) is 30.5 Å². The molecule has 0 aliphatic carbocycles. The van der Waals surface area contributed by atoms with Gasteiger partial charge in [0.1, 0.15) is 0 Å². The lowest BCUT2D eigenvalue weighted by Gasteiger charge is -2.12. The molecule has 1 unspecified atom stereocenters. The standard InChI is InChI=1S/C12H11Br2NOS/c1-7-15-9(6-17-7)5-12(16)10-4-8(13)2-3-11(10)14/h2-4,6,12,16H,5H2,1H3. The summed E-state index contributed by atoms with van der Waals surface area (Å²) in [6.45, 7) is 1.97.